The van der Waals surface area contributed by atoms with Gasteiger partial charge in [0.25, 0.3) is 0 Å². The molecule has 92 valence electrons. The van der Waals surface area contributed by atoms with Crippen molar-refractivity contribution in [3.63, 3.8) is 0 Å². The molecule has 0 saturated carbocycles. The van der Waals surface area contributed by atoms with Crippen molar-refractivity contribution in [2.24, 2.45) is 5.73 Å². The van der Waals surface area contributed by atoms with Crippen LogP contribution >= 0.6 is 28.1 Å². The number of morpholine rings is 1. The van der Waals surface area contributed by atoms with E-state index in [2.05, 4.69) is 32.2 Å². The van der Waals surface area contributed by atoms with Crippen molar-refractivity contribution in [1.29, 1.82) is 0 Å². The van der Waals surface area contributed by atoms with Crippen molar-refractivity contribution in [1.82, 2.24) is 0 Å². The number of ether oxygens (including phenoxy) is 1. The van der Waals surface area contributed by atoms with E-state index in [4.69, 9.17) is 22.7 Å². The lowest BCUT2D eigenvalue weighted by Crippen LogP contribution is -2.37. The third-order valence-corrected chi connectivity index (χ3v) is 3.16. The van der Waals surface area contributed by atoms with Crippen LogP contribution in [0.2, 0.25) is 0 Å². The number of hydrogen-bond donors (Lipinski definition) is 2. The van der Waals surface area contributed by atoms with E-state index in [-0.39, 0.29) is 5.11 Å². The minimum Gasteiger partial charge on any atom is -0.378 e. The summed E-state index contributed by atoms with van der Waals surface area (Å²) < 4.78 is 6.34. The molecule has 1 aromatic rings. The summed E-state index contributed by atoms with van der Waals surface area (Å²) in [6.07, 6.45) is 0. The van der Waals surface area contributed by atoms with Crippen LogP contribution in [0.25, 0.3) is 0 Å². The van der Waals surface area contributed by atoms with Crippen LogP contribution in [-0.4, -0.2) is 31.4 Å². The molecule has 1 aliphatic heterocycles. The Labute approximate surface area is 114 Å². The molecule has 0 unspecified atom stereocenters. The SMILES string of the molecule is NC(=S)Nc1cc(Br)ccc1N1CCOCC1. The Kier molecular flexibility index (Phi) is 4.20. The first-order valence-electron chi connectivity index (χ1n) is 5.35. The number of anilines is 2. The van der Waals surface area contributed by atoms with Crippen molar-refractivity contribution in [3.05, 3.63) is 22.7 Å². The number of hydrogen-bond acceptors (Lipinski definition) is 3. The van der Waals surface area contributed by atoms with E-state index >= 15 is 0 Å². The highest BCUT2D eigenvalue weighted by atomic mass is 79.9. The lowest BCUT2D eigenvalue weighted by Gasteiger charge is -2.30. The molecule has 0 aromatic heterocycles. The minimum absolute atomic E-state index is 0.276. The number of rotatable bonds is 2. The molecule has 0 radical (unpaired) electrons. The van der Waals surface area contributed by atoms with Gasteiger partial charge in [0, 0.05) is 17.6 Å². The molecule has 1 aromatic carbocycles. The Bertz CT molecular complexity index is 421. The summed E-state index contributed by atoms with van der Waals surface area (Å²) >= 11 is 8.33. The second-order valence-electron chi connectivity index (χ2n) is 3.75. The van der Waals surface area contributed by atoms with Gasteiger partial charge in [0.1, 0.15) is 0 Å². The van der Waals surface area contributed by atoms with E-state index in [1.54, 1.807) is 0 Å². The normalized spacial score (nSPS) is 15.7. The largest absolute Gasteiger partial charge is 0.378 e. The first-order chi connectivity index (χ1) is 8.16. The quantitative estimate of drug-likeness (QED) is 0.817. The summed E-state index contributed by atoms with van der Waals surface area (Å²) in [4.78, 5) is 2.26. The predicted octanol–water partition coefficient (Wildman–Crippen LogP) is 1.94. The van der Waals surface area contributed by atoms with Gasteiger partial charge in [0.15, 0.2) is 5.11 Å². The summed E-state index contributed by atoms with van der Waals surface area (Å²) in [6.45, 7) is 3.27. The molecule has 0 atom stereocenters. The smallest absolute Gasteiger partial charge is 0.168 e. The first kappa shape index (κ1) is 12.6. The van der Waals surface area contributed by atoms with Gasteiger partial charge in [-0.25, -0.2) is 0 Å². The maximum absolute atomic E-state index is 5.53. The average Bonchev–Trinajstić information content (AvgIpc) is 2.29. The second kappa shape index (κ2) is 5.66. The molecular formula is C11H14BrN3OS. The third kappa shape index (κ3) is 3.31. The van der Waals surface area contributed by atoms with Crippen LogP contribution in [0.4, 0.5) is 11.4 Å². The van der Waals surface area contributed by atoms with Crippen LogP contribution in [0.15, 0.2) is 22.7 Å². The van der Waals surface area contributed by atoms with E-state index in [9.17, 15) is 0 Å². The van der Waals surface area contributed by atoms with Gasteiger partial charge in [-0.3, -0.25) is 0 Å². The Hall–Kier alpha value is -0.850. The lowest BCUT2D eigenvalue weighted by atomic mass is 10.2. The van der Waals surface area contributed by atoms with Gasteiger partial charge in [-0.1, -0.05) is 15.9 Å². The molecule has 0 aliphatic carbocycles. The van der Waals surface area contributed by atoms with Crippen LogP contribution in [0, 0.1) is 0 Å². The van der Waals surface area contributed by atoms with Crippen molar-refractivity contribution in [3.8, 4) is 0 Å². The Balaban J connectivity index is 2.27. The summed E-state index contributed by atoms with van der Waals surface area (Å²) in [6, 6.07) is 6.04. The van der Waals surface area contributed by atoms with Crippen LogP contribution < -0.4 is 16.0 Å². The maximum Gasteiger partial charge on any atom is 0.168 e. The van der Waals surface area contributed by atoms with Gasteiger partial charge in [0.05, 0.1) is 24.6 Å². The van der Waals surface area contributed by atoms with Gasteiger partial charge < -0.3 is 20.7 Å². The molecule has 1 saturated heterocycles. The van der Waals surface area contributed by atoms with Crippen LogP contribution in [0.1, 0.15) is 0 Å². The van der Waals surface area contributed by atoms with E-state index in [1.165, 1.54) is 0 Å². The van der Waals surface area contributed by atoms with E-state index in [1.807, 2.05) is 12.1 Å². The zero-order chi connectivity index (χ0) is 12.3. The predicted molar refractivity (Wildman–Crippen MR) is 77.6 cm³/mol. The molecule has 0 spiro atoms. The Morgan fingerprint density at radius 1 is 1.41 bits per heavy atom. The number of nitrogens with two attached hydrogens (primary N) is 1. The Morgan fingerprint density at radius 2 is 2.12 bits per heavy atom. The molecular weight excluding hydrogens is 302 g/mol. The van der Waals surface area contributed by atoms with Crippen molar-refractivity contribution < 1.29 is 4.74 Å². The summed E-state index contributed by atoms with van der Waals surface area (Å²) in [7, 11) is 0. The molecule has 4 nitrogen and oxygen atoms in total. The van der Waals surface area contributed by atoms with E-state index < -0.39 is 0 Å². The molecule has 3 N–H and O–H groups in total. The number of thiocarbonyl (C=S) groups is 1. The summed E-state index contributed by atoms with van der Waals surface area (Å²) in [5.41, 5.74) is 7.56. The zero-order valence-corrected chi connectivity index (χ0v) is 11.7. The molecule has 2 rings (SSSR count). The van der Waals surface area contributed by atoms with Gasteiger partial charge in [-0.05, 0) is 30.4 Å². The highest BCUT2D eigenvalue weighted by molar-refractivity contribution is 9.10. The monoisotopic (exact) mass is 315 g/mol. The van der Waals surface area contributed by atoms with E-state index in [0.29, 0.717) is 0 Å². The van der Waals surface area contributed by atoms with Gasteiger partial charge in [0.2, 0.25) is 0 Å². The van der Waals surface area contributed by atoms with E-state index in [0.717, 1.165) is 42.2 Å². The standard InChI is InChI=1S/C11H14BrN3OS/c12-8-1-2-10(9(7-8)14-11(13)17)15-3-5-16-6-4-15/h1-2,7H,3-6H2,(H3,13,14,17). The number of nitrogens with one attached hydrogen (secondary N) is 1. The van der Waals surface area contributed by atoms with Crippen molar-refractivity contribution in [2.75, 3.05) is 36.5 Å². The minimum atomic E-state index is 0.276. The average molecular weight is 316 g/mol. The molecule has 1 heterocycles. The number of nitrogens with zero attached hydrogens (tertiary/aromatic N) is 1. The molecule has 1 aliphatic rings. The van der Waals surface area contributed by atoms with Crippen LogP contribution in [0.3, 0.4) is 0 Å². The fourth-order valence-electron chi connectivity index (χ4n) is 1.82. The molecule has 6 heteroatoms. The summed E-state index contributed by atoms with van der Waals surface area (Å²) in [5, 5.41) is 3.28. The first-order valence-corrected chi connectivity index (χ1v) is 6.55. The van der Waals surface area contributed by atoms with Gasteiger partial charge in [-0.15, -0.1) is 0 Å². The second-order valence-corrected chi connectivity index (χ2v) is 5.11. The van der Waals surface area contributed by atoms with Gasteiger partial charge >= 0.3 is 0 Å². The maximum atomic E-state index is 5.53. The van der Waals surface area contributed by atoms with Gasteiger partial charge in [-0.2, -0.15) is 0 Å². The highest BCUT2D eigenvalue weighted by Gasteiger charge is 2.15. The fourth-order valence-corrected chi connectivity index (χ4v) is 2.29. The Morgan fingerprint density at radius 3 is 2.76 bits per heavy atom. The molecule has 0 amide bonds. The van der Waals surface area contributed by atoms with Crippen LogP contribution in [-0.2, 0) is 4.74 Å². The fraction of sp³-hybridized carbons (Fsp3) is 0.364. The van der Waals surface area contributed by atoms with Crippen molar-refractivity contribution >= 4 is 44.6 Å². The summed E-state index contributed by atoms with van der Waals surface area (Å²) in [5.74, 6) is 0. The third-order valence-electron chi connectivity index (χ3n) is 2.57. The van der Waals surface area contributed by atoms with Crippen molar-refractivity contribution in [2.45, 2.75) is 0 Å². The topological polar surface area (TPSA) is 50.5 Å². The van der Waals surface area contributed by atoms with Crippen LogP contribution in [0.5, 0.6) is 0 Å². The molecule has 0 bridgehead atoms. The zero-order valence-electron chi connectivity index (χ0n) is 9.28. The highest BCUT2D eigenvalue weighted by Crippen LogP contribution is 2.29. The number of halogens is 1. The molecule has 1 fully saturated rings. The molecule has 17 heavy (non-hydrogen) atoms. The lowest BCUT2D eigenvalue weighted by molar-refractivity contribution is 0.123. The number of benzene rings is 1.